The lowest BCUT2D eigenvalue weighted by Crippen LogP contribution is -2.22. The lowest BCUT2D eigenvalue weighted by molar-refractivity contribution is -0.0463. The number of rotatable bonds is 12. The van der Waals surface area contributed by atoms with Crippen molar-refractivity contribution in [2.45, 2.75) is 90.8 Å². The van der Waals surface area contributed by atoms with Gasteiger partial charge in [0.2, 0.25) is 0 Å². The van der Waals surface area contributed by atoms with E-state index in [1.165, 1.54) is 51.4 Å². The fourth-order valence-corrected chi connectivity index (χ4v) is 1.75. The van der Waals surface area contributed by atoms with Crippen LogP contribution in [0.1, 0.15) is 84.5 Å². The van der Waals surface area contributed by atoms with Crippen LogP contribution in [0, 0.1) is 0 Å². The van der Waals surface area contributed by atoms with E-state index in [4.69, 9.17) is 16.1 Å². The van der Waals surface area contributed by atoms with Crippen molar-refractivity contribution in [3.8, 4) is 0 Å². The van der Waals surface area contributed by atoms with Crippen LogP contribution >= 0.6 is 0 Å². The predicted octanol–water partition coefficient (Wildman–Crippen LogP) is 3.08. The molecule has 0 unspecified atom stereocenters. The van der Waals surface area contributed by atoms with Crippen LogP contribution in [0.4, 0.5) is 0 Å². The number of unbranched alkanes of at least 4 members (excludes halogenated alkanes) is 8. The van der Waals surface area contributed by atoms with Crippen molar-refractivity contribution in [2.24, 2.45) is 5.84 Å². The van der Waals surface area contributed by atoms with Crippen LogP contribution in [0.25, 0.3) is 0 Å². The molecule has 0 amide bonds. The van der Waals surface area contributed by atoms with Gasteiger partial charge in [-0.3, -0.25) is 11.3 Å². The van der Waals surface area contributed by atoms with E-state index in [0.717, 1.165) is 19.4 Å². The van der Waals surface area contributed by atoms with E-state index in [1.807, 2.05) is 6.92 Å². The van der Waals surface area contributed by atoms with Crippen molar-refractivity contribution in [2.75, 3.05) is 6.54 Å². The van der Waals surface area contributed by atoms with E-state index >= 15 is 0 Å². The van der Waals surface area contributed by atoms with Crippen molar-refractivity contribution in [1.29, 1.82) is 0 Å². The van der Waals surface area contributed by atoms with E-state index in [2.05, 4.69) is 12.3 Å². The van der Waals surface area contributed by atoms with Gasteiger partial charge in [-0.15, -0.1) is 0 Å². The summed E-state index contributed by atoms with van der Waals surface area (Å²) in [4.78, 5) is 0. The van der Waals surface area contributed by atoms with E-state index in [0.29, 0.717) is 6.42 Å². The molecule has 0 aliphatic carbocycles. The Balaban J connectivity index is 0. The highest BCUT2D eigenvalue weighted by atomic mass is 16.5. The molecule has 0 atom stereocenters. The van der Waals surface area contributed by atoms with Gasteiger partial charge >= 0.3 is 0 Å². The topological polar surface area (TPSA) is 78.5 Å². The van der Waals surface area contributed by atoms with Crippen molar-refractivity contribution in [3.63, 3.8) is 0 Å². The van der Waals surface area contributed by atoms with Crippen molar-refractivity contribution in [1.82, 2.24) is 5.43 Å². The summed E-state index contributed by atoms with van der Waals surface area (Å²) in [6.07, 6.45) is 12.3. The van der Waals surface area contributed by atoms with E-state index < -0.39 is 6.29 Å². The zero-order valence-electron chi connectivity index (χ0n) is 13.0. The quantitative estimate of drug-likeness (QED) is 0.191. The molecule has 0 bridgehead atoms. The summed E-state index contributed by atoms with van der Waals surface area (Å²) in [6, 6.07) is 0. The molecule has 0 aliphatic rings. The molecule has 118 valence electrons. The van der Waals surface area contributed by atoms with E-state index in [-0.39, 0.29) is 0 Å². The standard InChI is InChI=1S/C10H24N2.C5H12O2/c1-2-3-4-5-6-7-8-9-10-12-11;1-2-3-4-5(6)7/h12H,2-11H2,1H3;5-7H,2-4H2,1H3. The molecule has 0 heterocycles. The minimum Gasteiger partial charge on any atom is -0.368 e. The third kappa shape index (κ3) is 27.2. The molecule has 0 rings (SSSR count). The first kappa shape index (κ1) is 21.1. The number of hydrazine groups is 1. The number of hydrogen-bond donors (Lipinski definition) is 4. The molecule has 0 saturated carbocycles. The fourth-order valence-electron chi connectivity index (χ4n) is 1.75. The van der Waals surface area contributed by atoms with Crippen LogP contribution in [0.15, 0.2) is 0 Å². The summed E-state index contributed by atoms with van der Waals surface area (Å²) in [7, 11) is 0. The highest BCUT2D eigenvalue weighted by Gasteiger charge is 1.92. The average molecular weight is 276 g/mol. The number of hydrogen-bond acceptors (Lipinski definition) is 4. The van der Waals surface area contributed by atoms with Gasteiger partial charge in [0.1, 0.15) is 0 Å². The summed E-state index contributed by atoms with van der Waals surface area (Å²) < 4.78 is 0. The Morgan fingerprint density at radius 3 is 1.63 bits per heavy atom. The third-order valence-electron chi connectivity index (χ3n) is 2.99. The molecule has 4 nitrogen and oxygen atoms in total. The molecule has 0 fully saturated rings. The fraction of sp³-hybridized carbons (Fsp3) is 1.00. The summed E-state index contributed by atoms with van der Waals surface area (Å²) >= 11 is 0. The van der Waals surface area contributed by atoms with Crippen LogP contribution < -0.4 is 11.3 Å². The van der Waals surface area contributed by atoms with Gasteiger partial charge in [0.05, 0.1) is 0 Å². The highest BCUT2D eigenvalue weighted by Crippen LogP contribution is 2.07. The van der Waals surface area contributed by atoms with Gasteiger partial charge in [0, 0.05) is 6.54 Å². The van der Waals surface area contributed by atoms with Crippen molar-refractivity contribution in [3.05, 3.63) is 0 Å². The maximum atomic E-state index is 8.24. The SMILES string of the molecule is CCCCC(O)O.CCCCCCCCCCNN. The Kier molecular flexibility index (Phi) is 22.4. The molecule has 0 radical (unpaired) electrons. The second-order valence-corrected chi connectivity index (χ2v) is 5.05. The highest BCUT2D eigenvalue weighted by molar-refractivity contribution is 4.46. The van der Waals surface area contributed by atoms with Gasteiger partial charge in [-0.05, 0) is 19.3 Å². The lowest BCUT2D eigenvalue weighted by Gasteiger charge is -2.00. The largest absolute Gasteiger partial charge is 0.368 e. The maximum Gasteiger partial charge on any atom is 0.151 e. The Hall–Kier alpha value is -0.160. The van der Waals surface area contributed by atoms with Crippen LogP contribution in [-0.2, 0) is 0 Å². The normalized spacial score (nSPS) is 10.4. The molecule has 4 heteroatoms. The zero-order chi connectivity index (χ0) is 14.8. The number of aliphatic hydroxyl groups is 2. The Bertz CT molecular complexity index is 134. The average Bonchev–Trinajstić information content (AvgIpc) is 2.40. The number of aliphatic hydroxyl groups excluding tert-OH is 1. The molecule has 0 saturated heterocycles. The second kappa shape index (κ2) is 20.2. The Morgan fingerprint density at radius 1 is 0.789 bits per heavy atom. The second-order valence-electron chi connectivity index (χ2n) is 5.05. The molecular weight excluding hydrogens is 240 g/mol. The molecular formula is C15H36N2O2. The molecule has 0 aromatic carbocycles. The molecule has 0 aliphatic heterocycles. The summed E-state index contributed by atoms with van der Waals surface area (Å²) in [5, 5.41) is 16.5. The van der Waals surface area contributed by atoms with Gasteiger partial charge < -0.3 is 10.2 Å². The Labute approximate surface area is 119 Å². The van der Waals surface area contributed by atoms with Gasteiger partial charge in [-0.1, -0.05) is 65.2 Å². The Morgan fingerprint density at radius 2 is 1.26 bits per heavy atom. The van der Waals surface area contributed by atoms with Gasteiger partial charge in [-0.25, -0.2) is 0 Å². The van der Waals surface area contributed by atoms with Gasteiger partial charge in [-0.2, -0.15) is 0 Å². The first-order valence-corrected chi connectivity index (χ1v) is 7.98. The smallest absolute Gasteiger partial charge is 0.151 e. The molecule has 0 spiro atoms. The van der Waals surface area contributed by atoms with E-state index in [1.54, 1.807) is 0 Å². The molecule has 19 heavy (non-hydrogen) atoms. The zero-order valence-corrected chi connectivity index (χ0v) is 13.0. The van der Waals surface area contributed by atoms with Crippen LogP contribution in [0.3, 0.4) is 0 Å². The predicted molar refractivity (Wildman–Crippen MR) is 82.6 cm³/mol. The van der Waals surface area contributed by atoms with Crippen LogP contribution in [0.2, 0.25) is 0 Å². The van der Waals surface area contributed by atoms with Crippen molar-refractivity contribution < 1.29 is 10.2 Å². The number of nitrogens with two attached hydrogens (primary N) is 1. The maximum absolute atomic E-state index is 8.24. The third-order valence-corrected chi connectivity index (χ3v) is 2.99. The summed E-state index contributed by atoms with van der Waals surface area (Å²) in [5.41, 5.74) is 2.68. The molecule has 0 aromatic heterocycles. The van der Waals surface area contributed by atoms with Gasteiger partial charge in [0.15, 0.2) is 6.29 Å². The minimum atomic E-state index is -1.10. The monoisotopic (exact) mass is 276 g/mol. The lowest BCUT2D eigenvalue weighted by atomic mass is 10.1. The first-order chi connectivity index (χ1) is 9.18. The number of nitrogens with one attached hydrogen (secondary N) is 1. The van der Waals surface area contributed by atoms with E-state index in [9.17, 15) is 0 Å². The summed E-state index contributed by atoms with van der Waals surface area (Å²) in [5.74, 6) is 5.16. The first-order valence-electron chi connectivity index (χ1n) is 7.98. The van der Waals surface area contributed by atoms with Crippen LogP contribution in [-0.4, -0.2) is 23.0 Å². The van der Waals surface area contributed by atoms with Crippen molar-refractivity contribution >= 4 is 0 Å². The van der Waals surface area contributed by atoms with Crippen LogP contribution in [0.5, 0.6) is 0 Å². The summed E-state index contributed by atoms with van der Waals surface area (Å²) in [6.45, 7) is 5.24. The van der Waals surface area contributed by atoms with Gasteiger partial charge in [0.25, 0.3) is 0 Å². The minimum absolute atomic E-state index is 0.510. The molecule has 5 N–H and O–H groups in total. The molecule has 0 aromatic rings.